The zero-order chi connectivity index (χ0) is 12.5. The molecule has 1 rings (SSSR count). The first-order valence-corrected chi connectivity index (χ1v) is 6.01. The lowest BCUT2D eigenvalue weighted by molar-refractivity contribution is -0.0493. The van der Waals surface area contributed by atoms with E-state index >= 15 is 0 Å². The Labute approximate surface area is 101 Å². The third kappa shape index (κ3) is 5.52. The minimum absolute atomic E-state index is 0.206. The molecule has 0 spiro atoms. The van der Waals surface area contributed by atoms with Crippen molar-refractivity contribution in [3.8, 4) is 5.75 Å². The Hall–Kier alpha value is -1.32. The highest BCUT2D eigenvalue weighted by molar-refractivity contribution is 5.56. The van der Waals surface area contributed by atoms with Crippen molar-refractivity contribution in [1.82, 2.24) is 0 Å². The molecule has 2 nitrogen and oxygen atoms in total. The Morgan fingerprint density at radius 1 is 1.18 bits per heavy atom. The summed E-state index contributed by atoms with van der Waals surface area (Å²) in [4.78, 5) is 0. The number of ether oxygens (including phenoxy) is 1. The number of para-hydroxylation sites is 2. The third-order valence-electron chi connectivity index (χ3n) is 2.45. The minimum Gasteiger partial charge on any atom is -0.433 e. The average Bonchev–Trinajstić information content (AvgIpc) is 2.30. The maximum absolute atomic E-state index is 12.1. The van der Waals surface area contributed by atoms with Gasteiger partial charge in [0.1, 0.15) is 5.75 Å². The molecule has 1 aromatic carbocycles. The smallest absolute Gasteiger partial charge is 0.387 e. The Morgan fingerprint density at radius 2 is 1.94 bits per heavy atom. The van der Waals surface area contributed by atoms with Crippen molar-refractivity contribution in [2.45, 2.75) is 39.2 Å². The molecule has 0 aliphatic rings. The second-order valence-electron chi connectivity index (χ2n) is 3.86. The summed E-state index contributed by atoms with van der Waals surface area (Å²) in [6, 6.07) is 6.77. The molecule has 96 valence electrons. The van der Waals surface area contributed by atoms with Gasteiger partial charge in [-0.05, 0) is 18.6 Å². The molecule has 0 aliphatic carbocycles. The fourth-order valence-electron chi connectivity index (χ4n) is 1.59. The summed E-state index contributed by atoms with van der Waals surface area (Å²) >= 11 is 0. The van der Waals surface area contributed by atoms with Gasteiger partial charge in [0.2, 0.25) is 0 Å². The van der Waals surface area contributed by atoms with Crippen LogP contribution in [-0.2, 0) is 0 Å². The largest absolute Gasteiger partial charge is 0.433 e. The van der Waals surface area contributed by atoms with E-state index in [9.17, 15) is 8.78 Å². The van der Waals surface area contributed by atoms with Crippen LogP contribution in [-0.4, -0.2) is 13.2 Å². The Balaban J connectivity index is 2.40. The Bertz CT molecular complexity index is 318. The first kappa shape index (κ1) is 13.7. The lowest BCUT2D eigenvalue weighted by Crippen LogP contribution is -2.07. The van der Waals surface area contributed by atoms with Gasteiger partial charge in [0, 0.05) is 6.54 Å². The minimum atomic E-state index is -2.78. The predicted octanol–water partition coefficient (Wildman–Crippen LogP) is 4.28. The van der Waals surface area contributed by atoms with Gasteiger partial charge in [-0.2, -0.15) is 8.78 Å². The molecule has 0 fully saturated rings. The highest BCUT2D eigenvalue weighted by Gasteiger charge is 2.08. The Kier molecular flexibility index (Phi) is 6.37. The molecule has 0 atom stereocenters. The van der Waals surface area contributed by atoms with Crippen molar-refractivity contribution < 1.29 is 13.5 Å². The van der Waals surface area contributed by atoms with E-state index in [0.717, 1.165) is 19.4 Å². The van der Waals surface area contributed by atoms with Crippen molar-refractivity contribution in [3.63, 3.8) is 0 Å². The van der Waals surface area contributed by atoms with Gasteiger partial charge in [-0.1, -0.05) is 38.3 Å². The number of alkyl halides is 2. The molecular weight excluding hydrogens is 224 g/mol. The van der Waals surface area contributed by atoms with E-state index in [1.807, 2.05) is 0 Å². The number of halogens is 2. The number of nitrogens with one attached hydrogen (secondary N) is 1. The molecule has 0 unspecified atom stereocenters. The van der Waals surface area contributed by atoms with E-state index in [2.05, 4.69) is 17.0 Å². The molecule has 1 aromatic rings. The second kappa shape index (κ2) is 7.87. The molecule has 0 aromatic heterocycles. The van der Waals surface area contributed by atoms with Crippen LogP contribution in [0.15, 0.2) is 24.3 Å². The molecule has 0 heterocycles. The van der Waals surface area contributed by atoms with Gasteiger partial charge in [-0.3, -0.25) is 0 Å². The van der Waals surface area contributed by atoms with Crippen molar-refractivity contribution in [2.75, 3.05) is 11.9 Å². The summed E-state index contributed by atoms with van der Waals surface area (Å²) in [6.45, 7) is 0.154. The van der Waals surface area contributed by atoms with Crippen molar-refractivity contribution in [3.05, 3.63) is 24.3 Å². The van der Waals surface area contributed by atoms with Crippen molar-refractivity contribution >= 4 is 5.69 Å². The highest BCUT2D eigenvalue weighted by atomic mass is 19.3. The number of rotatable bonds is 8. The SMILES string of the molecule is CCCCCCNc1ccccc1OC(F)F. The predicted molar refractivity (Wildman–Crippen MR) is 65.7 cm³/mol. The van der Waals surface area contributed by atoms with Gasteiger partial charge in [0.25, 0.3) is 0 Å². The van der Waals surface area contributed by atoms with Crippen molar-refractivity contribution in [1.29, 1.82) is 0 Å². The van der Waals surface area contributed by atoms with Crippen LogP contribution in [0.4, 0.5) is 14.5 Å². The fraction of sp³-hybridized carbons (Fsp3) is 0.538. The van der Waals surface area contributed by atoms with Crippen LogP contribution in [0.2, 0.25) is 0 Å². The summed E-state index contributed by atoms with van der Waals surface area (Å²) in [6.07, 6.45) is 4.58. The van der Waals surface area contributed by atoms with Gasteiger partial charge in [-0.15, -0.1) is 0 Å². The standard InChI is InChI=1S/C13H19F2NO/c1-2-3-4-7-10-16-11-8-5-6-9-12(11)17-13(14)15/h5-6,8-9,13,16H,2-4,7,10H2,1H3. The van der Waals surface area contributed by atoms with E-state index < -0.39 is 6.61 Å². The monoisotopic (exact) mass is 243 g/mol. The summed E-state index contributed by atoms with van der Waals surface area (Å²) in [5, 5.41) is 3.12. The van der Waals surface area contributed by atoms with E-state index in [-0.39, 0.29) is 5.75 Å². The topological polar surface area (TPSA) is 21.3 Å². The first-order valence-electron chi connectivity index (χ1n) is 6.01. The quantitative estimate of drug-likeness (QED) is 0.688. The maximum atomic E-state index is 12.1. The van der Waals surface area contributed by atoms with Crippen LogP contribution >= 0.6 is 0 Å². The van der Waals surface area contributed by atoms with E-state index in [1.165, 1.54) is 12.8 Å². The summed E-state index contributed by atoms with van der Waals surface area (Å²) in [5.41, 5.74) is 0.629. The third-order valence-corrected chi connectivity index (χ3v) is 2.45. The molecular formula is C13H19F2NO. The van der Waals surface area contributed by atoms with E-state index in [4.69, 9.17) is 0 Å². The van der Waals surface area contributed by atoms with Gasteiger partial charge >= 0.3 is 6.61 Å². The van der Waals surface area contributed by atoms with Gasteiger partial charge in [0.15, 0.2) is 0 Å². The van der Waals surface area contributed by atoms with Crippen LogP contribution in [0.5, 0.6) is 5.75 Å². The molecule has 0 amide bonds. The normalized spacial score (nSPS) is 10.6. The summed E-state index contributed by atoms with van der Waals surface area (Å²) in [7, 11) is 0. The summed E-state index contributed by atoms with van der Waals surface area (Å²) in [5.74, 6) is 0.206. The van der Waals surface area contributed by atoms with Crippen LogP contribution < -0.4 is 10.1 Å². The molecule has 1 N–H and O–H groups in total. The lowest BCUT2D eigenvalue weighted by atomic mass is 10.2. The Morgan fingerprint density at radius 3 is 2.65 bits per heavy atom. The zero-order valence-corrected chi connectivity index (χ0v) is 10.1. The van der Waals surface area contributed by atoms with E-state index in [1.54, 1.807) is 24.3 Å². The number of hydrogen-bond acceptors (Lipinski definition) is 2. The maximum Gasteiger partial charge on any atom is 0.387 e. The van der Waals surface area contributed by atoms with Gasteiger partial charge < -0.3 is 10.1 Å². The molecule has 0 bridgehead atoms. The van der Waals surface area contributed by atoms with Crippen LogP contribution in [0.25, 0.3) is 0 Å². The number of hydrogen-bond donors (Lipinski definition) is 1. The highest BCUT2D eigenvalue weighted by Crippen LogP contribution is 2.25. The first-order chi connectivity index (χ1) is 8.24. The van der Waals surface area contributed by atoms with Crippen molar-refractivity contribution in [2.24, 2.45) is 0 Å². The average molecular weight is 243 g/mol. The second-order valence-corrected chi connectivity index (χ2v) is 3.86. The number of unbranched alkanes of at least 4 members (excludes halogenated alkanes) is 3. The number of anilines is 1. The lowest BCUT2D eigenvalue weighted by Gasteiger charge is -2.12. The molecule has 0 saturated carbocycles. The molecule has 4 heteroatoms. The van der Waals surface area contributed by atoms with Crippen LogP contribution in [0.3, 0.4) is 0 Å². The fourth-order valence-corrected chi connectivity index (χ4v) is 1.59. The summed E-state index contributed by atoms with van der Waals surface area (Å²) < 4.78 is 28.7. The molecule has 0 radical (unpaired) electrons. The zero-order valence-electron chi connectivity index (χ0n) is 10.1. The van der Waals surface area contributed by atoms with Crippen LogP contribution in [0, 0.1) is 0 Å². The van der Waals surface area contributed by atoms with Gasteiger partial charge in [0.05, 0.1) is 5.69 Å². The van der Waals surface area contributed by atoms with Gasteiger partial charge in [-0.25, -0.2) is 0 Å². The van der Waals surface area contributed by atoms with Crippen LogP contribution in [0.1, 0.15) is 32.6 Å². The number of benzene rings is 1. The van der Waals surface area contributed by atoms with E-state index in [0.29, 0.717) is 5.69 Å². The molecule has 0 aliphatic heterocycles. The molecule has 17 heavy (non-hydrogen) atoms. The molecule has 0 saturated heterocycles.